The molecule has 7 nitrogen and oxygen atoms in total. The summed E-state index contributed by atoms with van der Waals surface area (Å²) in [5.74, 6) is -1.48. The zero-order valence-electron chi connectivity index (χ0n) is 19.5. The fourth-order valence-electron chi connectivity index (χ4n) is 3.28. The number of nitrogens with zero attached hydrogens (tertiary/aromatic N) is 2. The molecule has 2 aromatic rings. The van der Waals surface area contributed by atoms with Gasteiger partial charge in [-0.25, -0.2) is 12.8 Å². The third-order valence-corrected chi connectivity index (χ3v) is 6.57. The summed E-state index contributed by atoms with van der Waals surface area (Å²) in [6.45, 7) is 5.11. The monoisotopic (exact) mass is 477 g/mol. The Morgan fingerprint density at radius 1 is 1.06 bits per heavy atom. The van der Waals surface area contributed by atoms with E-state index in [0.717, 1.165) is 28.6 Å². The lowest BCUT2D eigenvalue weighted by Crippen LogP contribution is -2.53. The molecule has 0 aliphatic carbocycles. The van der Waals surface area contributed by atoms with E-state index in [1.165, 1.54) is 23.1 Å². The minimum absolute atomic E-state index is 0.0468. The molecule has 0 saturated heterocycles. The first-order chi connectivity index (χ1) is 15.5. The number of hydrogen-bond acceptors (Lipinski definition) is 4. The van der Waals surface area contributed by atoms with Gasteiger partial charge in [0.05, 0.1) is 11.9 Å². The summed E-state index contributed by atoms with van der Waals surface area (Å²) in [7, 11) is -3.88. The van der Waals surface area contributed by atoms with Crippen LogP contribution >= 0.6 is 0 Å². The molecular weight excluding hydrogens is 445 g/mol. The molecule has 0 heterocycles. The zero-order valence-corrected chi connectivity index (χ0v) is 20.3. The van der Waals surface area contributed by atoms with Gasteiger partial charge in [0.1, 0.15) is 18.4 Å². The van der Waals surface area contributed by atoms with Crippen LogP contribution in [0.25, 0.3) is 0 Å². The van der Waals surface area contributed by atoms with Gasteiger partial charge < -0.3 is 10.2 Å². The lowest BCUT2D eigenvalue weighted by molar-refractivity contribution is -0.139. The predicted molar refractivity (Wildman–Crippen MR) is 128 cm³/mol. The minimum atomic E-state index is -3.88. The van der Waals surface area contributed by atoms with Crippen molar-refractivity contribution in [3.05, 3.63) is 66.0 Å². The number of carbonyl (C=O) groups is 2. The molecule has 0 spiro atoms. The highest BCUT2D eigenvalue weighted by atomic mass is 32.2. The van der Waals surface area contributed by atoms with Crippen LogP contribution in [0.2, 0.25) is 0 Å². The number of hydrogen-bond donors (Lipinski definition) is 1. The quantitative estimate of drug-likeness (QED) is 0.539. The van der Waals surface area contributed by atoms with E-state index in [0.29, 0.717) is 6.42 Å². The summed E-state index contributed by atoms with van der Waals surface area (Å²) in [4.78, 5) is 27.5. The Morgan fingerprint density at radius 3 is 2.30 bits per heavy atom. The van der Waals surface area contributed by atoms with Crippen molar-refractivity contribution in [3.8, 4) is 0 Å². The fourth-order valence-corrected chi connectivity index (χ4v) is 4.12. The number of sulfonamides is 1. The molecule has 2 amide bonds. The third kappa shape index (κ3) is 7.85. The molecule has 0 aromatic heterocycles. The maximum atomic E-state index is 13.7. The van der Waals surface area contributed by atoms with E-state index in [1.807, 2.05) is 44.2 Å². The van der Waals surface area contributed by atoms with Gasteiger partial charge in [0.25, 0.3) is 0 Å². The molecule has 0 saturated carbocycles. The van der Waals surface area contributed by atoms with Gasteiger partial charge in [0, 0.05) is 12.6 Å². The van der Waals surface area contributed by atoms with E-state index in [1.54, 1.807) is 6.92 Å². The molecule has 0 radical (unpaired) electrons. The van der Waals surface area contributed by atoms with Crippen molar-refractivity contribution in [2.24, 2.45) is 0 Å². The maximum absolute atomic E-state index is 13.7. The van der Waals surface area contributed by atoms with Crippen molar-refractivity contribution in [2.45, 2.75) is 45.7 Å². The van der Waals surface area contributed by atoms with Gasteiger partial charge >= 0.3 is 0 Å². The number of benzene rings is 2. The van der Waals surface area contributed by atoms with Gasteiger partial charge in [0.2, 0.25) is 21.8 Å². The topological polar surface area (TPSA) is 86.8 Å². The van der Waals surface area contributed by atoms with Crippen molar-refractivity contribution in [1.82, 2.24) is 10.2 Å². The average molecular weight is 478 g/mol. The Bertz CT molecular complexity index is 1050. The first-order valence-corrected chi connectivity index (χ1v) is 12.7. The lowest BCUT2D eigenvalue weighted by atomic mass is 10.1. The Morgan fingerprint density at radius 2 is 1.73 bits per heavy atom. The van der Waals surface area contributed by atoms with Gasteiger partial charge in [-0.15, -0.1) is 0 Å². The van der Waals surface area contributed by atoms with Crippen LogP contribution in [0.3, 0.4) is 0 Å². The molecule has 9 heteroatoms. The highest BCUT2D eigenvalue weighted by Gasteiger charge is 2.30. The third-order valence-electron chi connectivity index (χ3n) is 5.43. The summed E-state index contributed by atoms with van der Waals surface area (Å²) >= 11 is 0. The highest BCUT2D eigenvalue weighted by Crippen LogP contribution is 2.19. The molecule has 2 aromatic carbocycles. The van der Waals surface area contributed by atoms with Gasteiger partial charge in [-0.1, -0.05) is 43.3 Å². The number of rotatable bonds is 11. The zero-order chi connectivity index (χ0) is 24.6. The van der Waals surface area contributed by atoms with Crippen LogP contribution in [0.1, 0.15) is 32.8 Å². The summed E-state index contributed by atoms with van der Waals surface area (Å²) in [5, 5.41) is 2.87. The van der Waals surface area contributed by atoms with E-state index in [-0.39, 0.29) is 24.2 Å². The van der Waals surface area contributed by atoms with Crippen molar-refractivity contribution < 1.29 is 22.4 Å². The lowest BCUT2D eigenvalue weighted by Gasteiger charge is -2.32. The average Bonchev–Trinajstić information content (AvgIpc) is 2.77. The van der Waals surface area contributed by atoms with Gasteiger partial charge in [0.15, 0.2) is 0 Å². The molecule has 0 bridgehead atoms. The Kier molecular flexibility index (Phi) is 9.40. The van der Waals surface area contributed by atoms with Gasteiger partial charge in [-0.3, -0.25) is 13.9 Å². The summed E-state index contributed by atoms with van der Waals surface area (Å²) in [6, 6.07) is 13.7. The van der Waals surface area contributed by atoms with Crippen LogP contribution in [-0.2, 0) is 26.0 Å². The maximum Gasteiger partial charge on any atom is 0.244 e. The Balaban J connectivity index is 2.30. The number of nitrogens with one attached hydrogen (secondary N) is 1. The number of halogens is 1. The van der Waals surface area contributed by atoms with Crippen LogP contribution in [-0.4, -0.2) is 56.6 Å². The standard InChI is InChI=1S/C24H32FN3O4S/c1-5-18(2)26-24(30)19(3)27(15-14-20-10-7-6-8-11-20)23(29)17-28(33(4,31)32)22-13-9-12-21(25)16-22/h6-13,16,18-19H,5,14-15,17H2,1-4H3,(H,26,30)/t18-,19-/m0/s1. The molecule has 2 atom stereocenters. The minimum Gasteiger partial charge on any atom is -0.352 e. The van der Waals surface area contributed by atoms with Gasteiger partial charge in [-0.2, -0.15) is 0 Å². The number of carbonyl (C=O) groups excluding carboxylic acids is 2. The van der Waals surface area contributed by atoms with E-state index < -0.39 is 34.3 Å². The second-order valence-electron chi connectivity index (χ2n) is 8.07. The van der Waals surface area contributed by atoms with Crippen LogP contribution < -0.4 is 9.62 Å². The Hall–Kier alpha value is -2.94. The van der Waals surface area contributed by atoms with Crippen LogP contribution in [0, 0.1) is 5.82 Å². The van der Waals surface area contributed by atoms with E-state index >= 15 is 0 Å². The van der Waals surface area contributed by atoms with Crippen LogP contribution in [0.5, 0.6) is 0 Å². The highest BCUT2D eigenvalue weighted by molar-refractivity contribution is 7.92. The molecule has 33 heavy (non-hydrogen) atoms. The molecule has 1 N–H and O–H groups in total. The first-order valence-electron chi connectivity index (χ1n) is 10.9. The summed E-state index contributed by atoms with van der Waals surface area (Å²) in [5.41, 5.74) is 1.03. The van der Waals surface area contributed by atoms with Crippen molar-refractivity contribution in [3.63, 3.8) is 0 Å². The summed E-state index contributed by atoms with van der Waals surface area (Å²) < 4.78 is 39.4. The normalized spacial score (nSPS) is 13.1. The number of amides is 2. The smallest absolute Gasteiger partial charge is 0.244 e. The Labute approximate surface area is 195 Å². The molecule has 2 rings (SSSR count). The molecule has 180 valence electrons. The predicted octanol–water partition coefficient (Wildman–Crippen LogP) is 2.97. The van der Waals surface area contributed by atoms with Crippen molar-refractivity contribution >= 4 is 27.5 Å². The van der Waals surface area contributed by atoms with E-state index in [9.17, 15) is 22.4 Å². The SMILES string of the molecule is CC[C@H](C)NC(=O)[C@H](C)N(CCc1ccccc1)C(=O)CN(c1cccc(F)c1)S(C)(=O)=O. The molecular formula is C24H32FN3O4S. The van der Waals surface area contributed by atoms with Gasteiger partial charge in [-0.05, 0) is 50.5 Å². The fraction of sp³-hybridized carbons (Fsp3) is 0.417. The molecule has 0 aliphatic heterocycles. The van der Waals surface area contributed by atoms with Crippen molar-refractivity contribution in [2.75, 3.05) is 23.7 Å². The van der Waals surface area contributed by atoms with E-state index in [4.69, 9.17) is 0 Å². The second-order valence-corrected chi connectivity index (χ2v) is 9.97. The molecule has 0 unspecified atom stereocenters. The summed E-state index contributed by atoms with van der Waals surface area (Å²) in [6.07, 6.45) is 2.18. The number of anilines is 1. The van der Waals surface area contributed by atoms with E-state index in [2.05, 4.69) is 5.32 Å². The second kappa shape index (κ2) is 11.8. The molecule has 0 aliphatic rings. The first kappa shape index (κ1) is 26.3. The van der Waals surface area contributed by atoms with Crippen molar-refractivity contribution in [1.29, 1.82) is 0 Å². The van der Waals surface area contributed by atoms with Crippen LogP contribution in [0.15, 0.2) is 54.6 Å². The largest absolute Gasteiger partial charge is 0.352 e. The van der Waals surface area contributed by atoms with Crippen LogP contribution in [0.4, 0.5) is 10.1 Å². The molecule has 0 fully saturated rings.